The molecule has 2 aromatic rings. The van der Waals surface area contributed by atoms with Gasteiger partial charge in [-0.2, -0.15) is 0 Å². The normalized spacial score (nSPS) is 15.8. The molecule has 118 valence electrons. The van der Waals surface area contributed by atoms with Gasteiger partial charge in [0.15, 0.2) is 5.78 Å². The van der Waals surface area contributed by atoms with Gasteiger partial charge in [-0.1, -0.05) is 68.9 Å². The molecule has 1 heterocycles. The van der Waals surface area contributed by atoms with Crippen molar-refractivity contribution < 1.29 is 4.79 Å². The van der Waals surface area contributed by atoms with Crippen molar-refractivity contribution in [3.63, 3.8) is 0 Å². The summed E-state index contributed by atoms with van der Waals surface area (Å²) in [5, 5.41) is 0.969. The van der Waals surface area contributed by atoms with Crippen LogP contribution in [0.25, 0.3) is 0 Å². The predicted octanol–water partition coefficient (Wildman–Crippen LogP) is 5.25. The van der Waals surface area contributed by atoms with E-state index in [4.69, 9.17) is 0 Å². The number of para-hydroxylation sites is 1. The summed E-state index contributed by atoms with van der Waals surface area (Å²) in [6, 6.07) is 16.1. The maximum Gasteiger partial charge on any atom is 0.188 e. The van der Waals surface area contributed by atoms with E-state index in [1.165, 1.54) is 10.5 Å². The molecule has 1 aliphatic heterocycles. The van der Waals surface area contributed by atoms with Gasteiger partial charge in [-0.3, -0.25) is 4.79 Å². The van der Waals surface area contributed by atoms with Crippen molar-refractivity contribution in [2.45, 2.75) is 31.1 Å². The van der Waals surface area contributed by atoms with Gasteiger partial charge in [0.2, 0.25) is 0 Å². The van der Waals surface area contributed by atoms with Crippen LogP contribution in [0.1, 0.15) is 36.7 Å². The smallest absolute Gasteiger partial charge is 0.188 e. The van der Waals surface area contributed by atoms with E-state index in [9.17, 15) is 4.79 Å². The lowest BCUT2D eigenvalue weighted by atomic mass is 9.86. The van der Waals surface area contributed by atoms with Crippen LogP contribution in [0.2, 0.25) is 0 Å². The average Bonchev–Trinajstić information content (AvgIpc) is 2.83. The summed E-state index contributed by atoms with van der Waals surface area (Å²) in [5.74, 6) is 0.0487. The highest BCUT2D eigenvalue weighted by atomic mass is 32.2. The molecule has 0 N–H and O–H groups in total. The van der Waals surface area contributed by atoms with Crippen LogP contribution in [-0.4, -0.2) is 12.8 Å². The second-order valence-corrected chi connectivity index (χ2v) is 7.87. The number of ketones is 1. The van der Waals surface area contributed by atoms with Crippen molar-refractivity contribution in [3.8, 4) is 0 Å². The lowest BCUT2D eigenvalue weighted by molar-refractivity contribution is 0.104. The van der Waals surface area contributed by atoms with Crippen LogP contribution >= 0.6 is 11.8 Å². The summed E-state index contributed by atoms with van der Waals surface area (Å²) in [7, 11) is 2.00. The Morgan fingerprint density at radius 3 is 2.30 bits per heavy atom. The van der Waals surface area contributed by atoms with Gasteiger partial charge in [0.05, 0.1) is 10.7 Å². The Morgan fingerprint density at radius 2 is 1.70 bits per heavy atom. The van der Waals surface area contributed by atoms with Crippen molar-refractivity contribution in [2.24, 2.45) is 0 Å². The van der Waals surface area contributed by atoms with Crippen LogP contribution in [0.15, 0.2) is 64.5 Å². The van der Waals surface area contributed by atoms with Gasteiger partial charge in [0.1, 0.15) is 0 Å². The van der Waals surface area contributed by atoms with E-state index in [1.807, 2.05) is 43.4 Å². The quantitative estimate of drug-likeness (QED) is 0.556. The van der Waals surface area contributed by atoms with Gasteiger partial charge in [-0.05, 0) is 23.1 Å². The molecule has 0 saturated heterocycles. The molecule has 0 amide bonds. The van der Waals surface area contributed by atoms with Crippen molar-refractivity contribution in [1.82, 2.24) is 0 Å². The molecular formula is C20H21NOS. The lowest BCUT2D eigenvalue weighted by Gasteiger charge is -2.19. The second-order valence-electron chi connectivity index (χ2n) is 6.80. The van der Waals surface area contributed by atoms with E-state index in [0.29, 0.717) is 0 Å². The van der Waals surface area contributed by atoms with Crippen LogP contribution in [0.3, 0.4) is 0 Å². The Balaban J connectivity index is 1.83. The Bertz CT molecular complexity index is 769. The van der Waals surface area contributed by atoms with Crippen molar-refractivity contribution >= 4 is 23.2 Å². The first-order valence-electron chi connectivity index (χ1n) is 7.73. The number of fused-ring (bicyclic) bond motifs is 1. The van der Waals surface area contributed by atoms with Crippen LogP contribution in [0.4, 0.5) is 5.69 Å². The molecular weight excluding hydrogens is 302 g/mol. The van der Waals surface area contributed by atoms with E-state index in [0.717, 1.165) is 16.3 Å². The Kier molecular flexibility index (Phi) is 4.07. The molecule has 0 aromatic heterocycles. The zero-order valence-electron chi connectivity index (χ0n) is 14.0. The third-order valence-corrected chi connectivity index (χ3v) is 5.23. The van der Waals surface area contributed by atoms with Crippen LogP contribution in [0.5, 0.6) is 0 Å². The zero-order chi connectivity index (χ0) is 16.6. The number of carbonyl (C=O) groups excluding carboxylic acids is 1. The third kappa shape index (κ3) is 3.20. The monoisotopic (exact) mass is 323 g/mol. The number of carbonyl (C=O) groups is 1. The molecule has 3 heteroatoms. The maximum atomic E-state index is 12.5. The molecule has 2 aromatic carbocycles. The lowest BCUT2D eigenvalue weighted by Crippen LogP contribution is -2.12. The fourth-order valence-electron chi connectivity index (χ4n) is 2.58. The minimum absolute atomic E-state index is 0.0487. The molecule has 23 heavy (non-hydrogen) atoms. The number of anilines is 1. The Labute approximate surface area is 142 Å². The number of hydrogen-bond donors (Lipinski definition) is 0. The number of benzene rings is 2. The van der Waals surface area contributed by atoms with Crippen molar-refractivity contribution in [1.29, 1.82) is 0 Å². The molecule has 3 rings (SSSR count). The van der Waals surface area contributed by atoms with Crippen LogP contribution in [0, 0.1) is 0 Å². The molecule has 2 nitrogen and oxygen atoms in total. The summed E-state index contributed by atoms with van der Waals surface area (Å²) in [6.45, 7) is 6.52. The van der Waals surface area contributed by atoms with Gasteiger partial charge >= 0.3 is 0 Å². The molecule has 0 radical (unpaired) electrons. The van der Waals surface area contributed by atoms with E-state index in [-0.39, 0.29) is 11.2 Å². The summed E-state index contributed by atoms with van der Waals surface area (Å²) >= 11 is 1.64. The summed E-state index contributed by atoms with van der Waals surface area (Å²) < 4.78 is 0. The van der Waals surface area contributed by atoms with Crippen molar-refractivity contribution in [2.75, 3.05) is 11.9 Å². The molecule has 0 aliphatic carbocycles. The number of rotatable bonds is 2. The highest BCUT2D eigenvalue weighted by Gasteiger charge is 2.22. The highest BCUT2D eigenvalue weighted by molar-refractivity contribution is 8.03. The number of thioether (sulfide) groups is 1. The minimum atomic E-state index is 0.0487. The fraction of sp³-hybridized carbons (Fsp3) is 0.250. The van der Waals surface area contributed by atoms with E-state index in [1.54, 1.807) is 17.8 Å². The van der Waals surface area contributed by atoms with Crippen molar-refractivity contribution in [3.05, 3.63) is 70.8 Å². The topological polar surface area (TPSA) is 20.3 Å². The zero-order valence-corrected chi connectivity index (χ0v) is 14.8. The summed E-state index contributed by atoms with van der Waals surface area (Å²) in [6.07, 6.45) is 1.73. The number of hydrogen-bond acceptors (Lipinski definition) is 3. The first kappa shape index (κ1) is 15.9. The van der Waals surface area contributed by atoms with Gasteiger partial charge in [-0.25, -0.2) is 0 Å². The highest BCUT2D eigenvalue weighted by Crippen LogP contribution is 2.44. The standard InChI is InChI=1S/C20H21NOS/c1-20(2,3)15-11-9-14(10-12-15)17(22)13-19-21(4)16-7-5-6-8-18(16)23-19/h5-13H,1-4H3/b19-13-. The Hall–Kier alpha value is -2.00. The third-order valence-electron chi connectivity index (χ3n) is 4.06. The van der Waals surface area contributed by atoms with Crippen LogP contribution < -0.4 is 4.90 Å². The molecule has 0 saturated carbocycles. The first-order chi connectivity index (χ1) is 10.9. The van der Waals surface area contributed by atoms with E-state index >= 15 is 0 Å². The predicted molar refractivity (Wildman–Crippen MR) is 98.3 cm³/mol. The number of nitrogens with zero attached hydrogens (tertiary/aromatic N) is 1. The van der Waals surface area contributed by atoms with E-state index in [2.05, 4.69) is 37.8 Å². The SMILES string of the molecule is CN1/C(=C/C(=O)c2ccc(C(C)(C)C)cc2)Sc2ccccc21. The molecule has 0 spiro atoms. The minimum Gasteiger partial charge on any atom is -0.338 e. The Morgan fingerprint density at radius 1 is 1.04 bits per heavy atom. The van der Waals surface area contributed by atoms with Gasteiger partial charge in [0.25, 0.3) is 0 Å². The largest absolute Gasteiger partial charge is 0.338 e. The molecule has 0 fully saturated rings. The second kappa shape index (κ2) is 5.89. The molecule has 1 aliphatic rings. The summed E-state index contributed by atoms with van der Waals surface area (Å²) in [5.41, 5.74) is 3.22. The molecule has 0 bridgehead atoms. The molecule has 0 atom stereocenters. The number of allylic oxidation sites excluding steroid dienone is 1. The van der Waals surface area contributed by atoms with Crippen LogP contribution in [-0.2, 0) is 5.41 Å². The van der Waals surface area contributed by atoms with Gasteiger partial charge in [0, 0.05) is 23.6 Å². The fourth-order valence-corrected chi connectivity index (χ4v) is 3.66. The van der Waals surface area contributed by atoms with E-state index < -0.39 is 0 Å². The average molecular weight is 323 g/mol. The first-order valence-corrected chi connectivity index (χ1v) is 8.55. The maximum absolute atomic E-state index is 12.5. The summed E-state index contributed by atoms with van der Waals surface area (Å²) in [4.78, 5) is 15.8. The van der Waals surface area contributed by atoms with Gasteiger partial charge in [-0.15, -0.1) is 0 Å². The molecule has 0 unspecified atom stereocenters. The van der Waals surface area contributed by atoms with Gasteiger partial charge < -0.3 is 4.90 Å².